The first-order valence-electron chi connectivity index (χ1n) is 7.15. The normalized spacial score (nSPS) is 11.6. The highest BCUT2D eigenvalue weighted by atomic mass is 32.1. The third kappa shape index (κ3) is 4.67. The van der Waals surface area contributed by atoms with Gasteiger partial charge in [0.2, 0.25) is 0 Å². The van der Waals surface area contributed by atoms with Gasteiger partial charge in [0.1, 0.15) is 10.8 Å². The summed E-state index contributed by atoms with van der Waals surface area (Å²) >= 11 is 1.58. The van der Waals surface area contributed by atoms with Crippen molar-refractivity contribution in [2.45, 2.75) is 45.4 Å². The highest BCUT2D eigenvalue weighted by molar-refractivity contribution is 7.09. The number of carbonyl (C=O) groups is 1. The molecule has 0 saturated carbocycles. The zero-order chi connectivity index (χ0) is 15.5. The predicted octanol–water partition coefficient (Wildman–Crippen LogP) is 3.77. The average Bonchev–Trinajstić information content (AvgIpc) is 2.85. The lowest BCUT2D eigenvalue weighted by molar-refractivity contribution is -0.118. The minimum Gasteiger partial charge on any atom is -0.399 e. The van der Waals surface area contributed by atoms with E-state index >= 15 is 0 Å². The Labute approximate surface area is 130 Å². The summed E-state index contributed by atoms with van der Waals surface area (Å²) in [4.78, 5) is 16.6. The molecule has 21 heavy (non-hydrogen) atoms. The van der Waals surface area contributed by atoms with E-state index in [4.69, 9.17) is 5.73 Å². The van der Waals surface area contributed by atoms with E-state index in [0.717, 1.165) is 28.4 Å². The Kier molecular flexibility index (Phi) is 4.78. The summed E-state index contributed by atoms with van der Waals surface area (Å²) < 4.78 is 0. The molecule has 1 heterocycles. The van der Waals surface area contributed by atoms with Crippen molar-refractivity contribution in [2.75, 3.05) is 5.73 Å². The molecule has 0 radical (unpaired) electrons. The third-order valence-corrected chi connectivity index (χ3v) is 4.16. The van der Waals surface area contributed by atoms with Crippen LogP contribution in [0.5, 0.6) is 0 Å². The van der Waals surface area contributed by atoms with E-state index in [1.54, 1.807) is 11.3 Å². The molecule has 0 atom stereocenters. The molecule has 0 unspecified atom stereocenters. The molecule has 0 amide bonds. The van der Waals surface area contributed by atoms with Crippen molar-refractivity contribution in [3.05, 3.63) is 45.9 Å². The van der Waals surface area contributed by atoms with Crippen LogP contribution in [0.15, 0.2) is 29.6 Å². The highest BCUT2D eigenvalue weighted by Gasteiger charge is 2.18. The molecule has 112 valence electrons. The number of hydrogen-bond acceptors (Lipinski definition) is 4. The Morgan fingerprint density at radius 2 is 2.10 bits per heavy atom. The number of benzene rings is 1. The van der Waals surface area contributed by atoms with Crippen LogP contribution in [0, 0.1) is 0 Å². The molecule has 2 rings (SSSR count). The number of ketones is 1. The molecule has 2 aromatic rings. The maximum Gasteiger partial charge on any atom is 0.140 e. The smallest absolute Gasteiger partial charge is 0.140 e. The lowest BCUT2D eigenvalue weighted by Crippen LogP contribution is -2.12. The fraction of sp³-hybridized carbons (Fsp3) is 0.412. The molecule has 0 spiro atoms. The predicted molar refractivity (Wildman–Crippen MR) is 88.7 cm³/mol. The van der Waals surface area contributed by atoms with Crippen LogP contribution in [0.2, 0.25) is 0 Å². The molecular formula is C17H22N2OS. The van der Waals surface area contributed by atoms with Crippen molar-refractivity contribution in [3.63, 3.8) is 0 Å². The topological polar surface area (TPSA) is 56.0 Å². The molecule has 0 aliphatic rings. The zero-order valence-electron chi connectivity index (χ0n) is 12.8. The molecule has 0 aliphatic carbocycles. The number of nitrogen functional groups attached to an aromatic ring is 1. The maximum atomic E-state index is 12.1. The summed E-state index contributed by atoms with van der Waals surface area (Å²) in [5, 5.41) is 2.97. The number of rotatable bonds is 5. The Hall–Kier alpha value is -1.68. The summed E-state index contributed by atoms with van der Waals surface area (Å²) in [6.07, 6.45) is 1.71. The summed E-state index contributed by atoms with van der Waals surface area (Å²) in [6, 6.07) is 7.71. The molecule has 0 saturated heterocycles. The van der Waals surface area contributed by atoms with Crippen molar-refractivity contribution in [1.82, 2.24) is 4.98 Å². The summed E-state index contributed by atoms with van der Waals surface area (Å²) in [7, 11) is 0. The second-order valence-corrected chi connectivity index (χ2v) is 7.28. The number of aryl methyl sites for hydroxylation is 1. The van der Waals surface area contributed by atoms with E-state index in [1.807, 2.05) is 24.3 Å². The van der Waals surface area contributed by atoms with Gasteiger partial charge in [-0.1, -0.05) is 32.9 Å². The summed E-state index contributed by atoms with van der Waals surface area (Å²) in [5.74, 6) is 0.229. The van der Waals surface area contributed by atoms with Crippen molar-refractivity contribution < 1.29 is 4.79 Å². The largest absolute Gasteiger partial charge is 0.399 e. The van der Waals surface area contributed by atoms with E-state index in [1.165, 1.54) is 0 Å². The molecule has 0 aliphatic heterocycles. The van der Waals surface area contributed by atoms with E-state index in [2.05, 4.69) is 31.1 Å². The number of nitrogens with zero attached hydrogens (tertiary/aromatic N) is 1. The van der Waals surface area contributed by atoms with Crippen LogP contribution in [-0.2, 0) is 23.1 Å². The monoisotopic (exact) mass is 302 g/mol. The zero-order valence-corrected chi connectivity index (χ0v) is 13.7. The minimum absolute atomic E-state index is 0.0410. The molecule has 2 N–H and O–H groups in total. The van der Waals surface area contributed by atoms with Crippen LogP contribution in [0.1, 0.15) is 43.5 Å². The van der Waals surface area contributed by atoms with Crippen LogP contribution < -0.4 is 5.73 Å². The van der Waals surface area contributed by atoms with Crippen molar-refractivity contribution >= 4 is 22.8 Å². The van der Waals surface area contributed by atoms with Gasteiger partial charge in [0, 0.05) is 22.9 Å². The Bertz CT molecular complexity index is 626. The number of Topliss-reactive ketones (excluding diaryl/α,β-unsaturated/α-hetero) is 1. The van der Waals surface area contributed by atoms with Crippen LogP contribution in [0.25, 0.3) is 0 Å². The first-order chi connectivity index (χ1) is 9.84. The summed E-state index contributed by atoms with van der Waals surface area (Å²) in [5.41, 5.74) is 8.70. The van der Waals surface area contributed by atoms with Crippen molar-refractivity contribution in [3.8, 4) is 0 Å². The number of thiazole rings is 1. The van der Waals surface area contributed by atoms with Gasteiger partial charge in [-0.05, 0) is 24.1 Å². The molecular weight excluding hydrogens is 280 g/mol. The Morgan fingerprint density at radius 3 is 2.71 bits per heavy atom. The van der Waals surface area contributed by atoms with Gasteiger partial charge in [0.15, 0.2) is 0 Å². The number of aromatic nitrogens is 1. The third-order valence-electron chi connectivity index (χ3n) is 3.31. The van der Waals surface area contributed by atoms with Gasteiger partial charge in [-0.2, -0.15) is 0 Å². The van der Waals surface area contributed by atoms with E-state index < -0.39 is 0 Å². The van der Waals surface area contributed by atoms with Crippen LogP contribution in [0.4, 0.5) is 5.69 Å². The lowest BCUT2D eigenvalue weighted by Gasteiger charge is -2.14. The van der Waals surface area contributed by atoms with E-state index in [0.29, 0.717) is 12.8 Å². The average molecular weight is 302 g/mol. The molecule has 1 aromatic heterocycles. The van der Waals surface area contributed by atoms with Crippen molar-refractivity contribution in [1.29, 1.82) is 0 Å². The Balaban J connectivity index is 1.89. The quantitative estimate of drug-likeness (QED) is 0.855. The SMILES string of the molecule is CC(C)(C)c1csc(CC(=O)CCc2cccc(N)c2)n1. The number of nitrogens with two attached hydrogens (primary N) is 1. The molecule has 1 aromatic carbocycles. The van der Waals surface area contributed by atoms with E-state index in [9.17, 15) is 4.79 Å². The fourth-order valence-electron chi connectivity index (χ4n) is 2.03. The number of carbonyl (C=O) groups excluding carboxylic acids is 1. The van der Waals surface area contributed by atoms with Crippen LogP contribution in [-0.4, -0.2) is 10.8 Å². The number of hydrogen-bond donors (Lipinski definition) is 1. The molecule has 0 fully saturated rings. The first kappa shape index (κ1) is 15.7. The van der Waals surface area contributed by atoms with Gasteiger partial charge in [0.25, 0.3) is 0 Å². The van der Waals surface area contributed by atoms with Crippen molar-refractivity contribution in [2.24, 2.45) is 0 Å². The van der Waals surface area contributed by atoms with Gasteiger partial charge < -0.3 is 5.73 Å². The maximum absolute atomic E-state index is 12.1. The van der Waals surface area contributed by atoms with Gasteiger partial charge in [-0.25, -0.2) is 4.98 Å². The Morgan fingerprint density at radius 1 is 1.33 bits per heavy atom. The molecule has 0 bridgehead atoms. The minimum atomic E-state index is 0.0410. The van der Waals surface area contributed by atoms with Crippen LogP contribution in [0.3, 0.4) is 0 Å². The molecule has 4 heteroatoms. The summed E-state index contributed by atoms with van der Waals surface area (Å²) in [6.45, 7) is 6.40. The first-order valence-corrected chi connectivity index (χ1v) is 8.03. The standard InChI is InChI=1S/C17H22N2OS/c1-17(2,3)15-11-21-16(19-15)10-14(20)8-7-12-5-4-6-13(18)9-12/h4-6,9,11H,7-8,10,18H2,1-3H3. The lowest BCUT2D eigenvalue weighted by atomic mass is 9.93. The highest BCUT2D eigenvalue weighted by Crippen LogP contribution is 2.24. The van der Waals surface area contributed by atoms with Gasteiger partial charge in [0.05, 0.1) is 12.1 Å². The molecule has 3 nitrogen and oxygen atoms in total. The van der Waals surface area contributed by atoms with E-state index in [-0.39, 0.29) is 11.2 Å². The van der Waals surface area contributed by atoms with Crippen LogP contribution >= 0.6 is 11.3 Å². The van der Waals surface area contributed by atoms with Gasteiger partial charge in [-0.3, -0.25) is 4.79 Å². The van der Waals surface area contributed by atoms with Gasteiger partial charge >= 0.3 is 0 Å². The second-order valence-electron chi connectivity index (χ2n) is 6.34. The fourth-order valence-corrected chi connectivity index (χ4v) is 3.08. The van der Waals surface area contributed by atoms with Gasteiger partial charge in [-0.15, -0.1) is 11.3 Å². The number of anilines is 1. The second kappa shape index (κ2) is 6.39.